The number of amides is 1. The molecule has 0 radical (unpaired) electrons. The minimum Gasteiger partial charge on any atom is -0.396 e. The van der Waals surface area contributed by atoms with Crippen LogP contribution >= 0.6 is 15.9 Å². The zero-order chi connectivity index (χ0) is 14.5. The minimum atomic E-state index is -0.441. The van der Waals surface area contributed by atoms with E-state index in [1.807, 2.05) is 0 Å². The van der Waals surface area contributed by atoms with Crippen molar-refractivity contribution in [1.29, 1.82) is 0 Å². The fourth-order valence-electron chi connectivity index (χ4n) is 2.79. The predicted octanol–water partition coefficient (Wildman–Crippen LogP) is 3.12. The maximum atomic E-state index is 13.4. The second kappa shape index (κ2) is 7.18. The maximum Gasteiger partial charge on any atom is 0.252 e. The highest BCUT2D eigenvalue weighted by Gasteiger charge is 2.25. The Labute approximate surface area is 126 Å². The van der Waals surface area contributed by atoms with Crippen LogP contribution in [0.15, 0.2) is 22.7 Å². The summed E-state index contributed by atoms with van der Waals surface area (Å²) in [6.45, 7) is 0.706. The van der Waals surface area contributed by atoms with Crippen molar-refractivity contribution in [3.63, 3.8) is 0 Å². The molecule has 1 aliphatic rings. The number of hydrogen-bond donors (Lipinski definition) is 2. The van der Waals surface area contributed by atoms with Gasteiger partial charge in [0.15, 0.2) is 0 Å². The first-order valence-corrected chi connectivity index (χ1v) is 7.76. The van der Waals surface area contributed by atoms with Gasteiger partial charge in [0.25, 0.3) is 5.91 Å². The molecule has 1 fully saturated rings. The van der Waals surface area contributed by atoms with Gasteiger partial charge in [-0.25, -0.2) is 4.39 Å². The summed E-state index contributed by atoms with van der Waals surface area (Å²) in [5.41, 5.74) is 0.307. The van der Waals surface area contributed by atoms with Crippen molar-refractivity contribution in [3.8, 4) is 0 Å². The predicted molar refractivity (Wildman–Crippen MR) is 79.0 cm³/mol. The van der Waals surface area contributed by atoms with E-state index in [1.165, 1.54) is 12.1 Å². The highest BCUT2D eigenvalue weighted by Crippen LogP contribution is 2.29. The van der Waals surface area contributed by atoms with Crippen molar-refractivity contribution in [3.05, 3.63) is 34.1 Å². The Balaban J connectivity index is 1.96. The van der Waals surface area contributed by atoms with Crippen LogP contribution in [0.25, 0.3) is 0 Å². The van der Waals surface area contributed by atoms with Crippen LogP contribution in [0.4, 0.5) is 4.39 Å². The Morgan fingerprint density at radius 2 is 2.05 bits per heavy atom. The number of aliphatic hydroxyl groups excluding tert-OH is 1. The molecule has 0 bridgehead atoms. The van der Waals surface area contributed by atoms with Crippen LogP contribution in [-0.4, -0.2) is 24.2 Å². The Kier molecular flexibility index (Phi) is 5.54. The smallest absolute Gasteiger partial charge is 0.252 e. The van der Waals surface area contributed by atoms with Crippen LogP contribution in [-0.2, 0) is 0 Å². The van der Waals surface area contributed by atoms with Gasteiger partial charge in [0.1, 0.15) is 5.82 Å². The summed E-state index contributed by atoms with van der Waals surface area (Å²) in [5, 5.41) is 12.2. The van der Waals surface area contributed by atoms with E-state index >= 15 is 0 Å². The van der Waals surface area contributed by atoms with Gasteiger partial charge >= 0.3 is 0 Å². The molecule has 0 aliphatic heterocycles. The molecule has 1 aliphatic carbocycles. The molecule has 0 heterocycles. The van der Waals surface area contributed by atoms with Crippen LogP contribution in [0.2, 0.25) is 0 Å². The monoisotopic (exact) mass is 343 g/mol. The Bertz CT molecular complexity index is 481. The second-order valence-electron chi connectivity index (χ2n) is 5.30. The quantitative estimate of drug-likeness (QED) is 0.882. The summed E-state index contributed by atoms with van der Waals surface area (Å²) in [7, 11) is 0. The van der Waals surface area contributed by atoms with Gasteiger partial charge in [0.05, 0.1) is 10.0 Å². The number of benzene rings is 1. The number of hydrogen-bond acceptors (Lipinski definition) is 2. The Morgan fingerprint density at radius 3 is 2.75 bits per heavy atom. The molecule has 2 atom stereocenters. The summed E-state index contributed by atoms with van der Waals surface area (Å²) in [5.74, 6) is -0.146. The zero-order valence-electron chi connectivity index (χ0n) is 11.2. The second-order valence-corrected chi connectivity index (χ2v) is 6.09. The first kappa shape index (κ1) is 15.4. The molecule has 1 amide bonds. The molecule has 1 aromatic rings. The van der Waals surface area contributed by atoms with Crippen LogP contribution in [0.1, 0.15) is 36.0 Å². The Hall–Kier alpha value is -0.940. The number of carbonyl (C=O) groups excluding carboxylic acids is 1. The van der Waals surface area contributed by atoms with Gasteiger partial charge in [0.2, 0.25) is 0 Å². The molecule has 110 valence electrons. The lowest BCUT2D eigenvalue weighted by atomic mass is 9.79. The topological polar surface area (TPSA) is 49.3 Å². The molecule has 1 saturated carbocycles. The van der Waals surface area contributed by atoms with Gasteiger partial charge in [-0.2, -0.15) is 0 Å². The van der Waals surface area contributed by atoms with E-state index in [0.717, 1.165) is 25.7 Å². The molecular weight excluding hydrogens is 325 g/mol. The average Bonchev–Trinajstić information content (AvgIpc) is 2.48. The van der Waals surface area contributed by atoms with E-state index in [-0.39, 0.29) is 22.9 Å². The minimum absolute atomic E-state index is 0.171. The summed E-state index contributed by atoms with van der Waals surface area (Å²) in [6.07, 6.45) is 4.32. The number of halogens is 2. The lowest BCUT2D eigenvalue weighted by Gasteiger charge is -2.30. The lowest BCUT2D eigenvalue weighted by Crippen LogP contribution is -2.35. The maximum absolute atomic E-state index is 13.4. The van der Waals surface area contributed by atoms with Gasteiger partial charge < -0.3 is 10.4 Å². The lowest BCUT2D eigenvalue weighted by molar-refractivity contribution is 0.0908. The first-order chi connectivity index (χ1) is 9.63. The highest BCUT2D eigenvalue weighted by atomic mass is 79.9. The first-order valence-electron chi connectivity index (χ1n) is 6.96. The average molecular weight is 344 g/mol. The SMILES string of the molecule is O=C(NCC1CCCCC1CO)c1cccc(F)c1Br. The standard InChI is InChI=1S/C15H19BrFNO2/c16-14-12(6-3-7-13(14)17)15(20)18-8-10-4-1-2-5-11(10)9-19/h3,6-7,10-11,19H,1-2,4-5,8-9H2,(H,18,20). The Morgan fingerprint density at radius 1 is 1.35 bits per heavy atom. The van der Waals surface area contributed by atoms with Gasteiger partial charge in [-0.3, -0.25) is 4.79 Å². The number of rotatable bonds is 4. The third kappa shape index (κ3) is 3.58. The van der Waals surface area contributed by atoms with E-state index in [4.69, 9.17) is 0 Å². The van der Waals surface area contributed by atoms with Gasteiger partial charge in [-0.1, -0.05) is 18.9 Å². The summed E-state index contributed by atoms with van der Waals surface area (Å²) in [6, 6.07) is 4.42. The molecule has 0 spiro atoms. The summed E-state index contributed by atoms with van der Waals surface area (Å²) < 4.78 is 13.6. The van der Waals surface area contributed by atoms with E-state index in [1.54, 1.807) is 6.07 Å². The third-order valence-corrected chi connectivity index (χ3v) is 4.83. The largest absolute Gasteiger partial charge is 0.396 e. The summed E-state index contributed by atoms with van der Waals surface area (Å²) >= 11 is 3.10. The molecular formula is C15H19BrFNO2. The molecule has 2 unspecified atom stereocenters. The van der Waals surface area contributed by atoms with Crippen LogP contribution in [0, 0.1) is 17.7 Å². The molecule has 20 heavy (non-hydrogen) atoms. The number of aliphatic hydroxyl groups is 1. The molecule has 0 saturated heterocycles. The van der Waals surface area contributed by atoms with Gasteiger partial charge in [-0.05, 0) is 52.7 Å². The van der Waals surface area contributed by atoms with Gasteiger partial charge in [0, 0.05) is 13.2 Å². The molecule has 0 aromatic heterocycles. The fraction of sp³-hybridized carbons (Fsp3) is 0.533. The normalized spacial score (nSPS) is 22.6. The summed E-state index contributed by atoms with van der Waals surface area (Å²) in [4.78, 5) is 12.1. The van der Waals surface area contributed by atoms with Gasteiger partial charge in [-0.15, -0.1) is 0 Å². The van der Waals surface area contributed by atoms with E-state index < -0.39 is 5.82 Å². The number of carbonyl (C=O) groups is 1. The third-order valence-electron chi connectivity index (χ3n) is 4.02. The van der Waals surface area contributed by atoms with Crippen molar-refractivity contribution in [2.45, 2.75) is 25.7 Å². The molecule has 2 rings (SSSR count). The molecule has 5 heteroatoms. The van der Waals surface area contributed by atoms with E-state index in [0.29, 0.717) is 18.0 Å². The van der Waals surface area contributed by atoms with Crippen molar-refractivity contribution >= 4 is 21.8 Å². The molecule has 1 aromatic carbocycles. The fourth-order valence-corrected chi connectivity index (χ4v) is 3.24. The van der Waals surface area contributed by atoms with Crippen molar-refractivity contribution in [2.75, 3.05) is 13.2 Å². The van der Waals surface area contributed by atoms with Crippen molar-refractivity contribution in [2.24, 2.45) is 11.8 Å². The van der Waals surface area contributed by atoms with Crippen molar-refractivity contribution < 1.29 is 14.3 Å². The van der Waals surface area contributed by atoms with Crippen LogP contribution < -0.4 is 5.32 Å². The molecule has 2 N–H and O–H groups in total. The van der Waals surface area contributed by atoms with Crippen LogP contribution in [0.5, 0.6) is 0 Å². The van der Waals surface area contributed by atoms with E-state index in [9.17, 15) is 14.3 Å². The zero-order valence-corrected chi connectivity index (χ0v) is 12.8. The van der Waals surface area contributed by atoms with Crippen LogP contribution in [0.3, 0.4) is 0 Å². The van der Waals surface area contributed by atoms with Crippen molar-refractivity contribution in [1.82, 2.24) is 5.32 Å². The highest BCUT2D eigenvalue weighted by molar-refractivity contribution is 9.10. The number of nitrogens with one attached hydrogen (secondary N) is 1. The molecule has 3 nitrogen and oxygen atoms in total. The van der Waals surface area contributed by atoms with E-state index in [2.05, 4.69) is 21.2 Å².